The Bertz CT molecular complexity index is 334. The first kappa shape index (κ1) is 11.7. The molecule has 0 fully saturated rings. The lowest BCUT2D eigenvalue weighted by Crippen LogP contribution is -2.03. The van der Waals surface area contributed by atoms with Crippen molar-refractivity contribution >= 4 is 6.08 Å². The smallest absolute Gasteiger partial charge is 0.129 e. The van der Waals surface area contributed by atoms with Gasteiger partial charge in [0.1, 0.15) is 18.2 Å². The third kappa shape index (κ3) is 3.72. The number of rotatable bonds is 5. The molecule has 2 nitrogen and oxygen atoms in total. The van der Waals surface area contributed by atoms with Gasteiger partial charge in [-0.15, -0.1) is 0 Å². The second-order valence-corrected chi connectivity index (χ2v) is 3.06. The minimum atomic E-state index is -0.336. The van der Waals surface area contributed by atoms with Crippen LogP contribution in [0.2, 0.25) is 0 Å². The topological polar surface area (TPSA) is 29.5 Å². The van der Waals surface area contributed by atoms with Crippen LogP contribution in [-0.2, 0) is 0 Å². The lowest BCUT2D eigenvalue weighted by molar-refractivity contribution is 0.200. The van der Waals surface area contributed by atoms with E-state index in [1.54, 1.807) is 6.07 Å². The molecule has 0 aliphatic carbocycles. The monoisotopic (exact) mass is 210 g/mol. The van der Waals surface area contributed by atoms with E-state index in [1.165, 1.54) is 12.1 Å². The fraction of sp³-hybridized carbons (Fsp3) is 0.333. The van der Waals surface area contributed by atoms with E-state index >= 15 is 0 Å². The van der Waals surface area contributed by atoms with Gasteiger partial charge < -0.3 is 9.84 Å². The van der Waals surface area contributed by atoms with E-state index in [1.807, 2.05) is 19.1 Å². The molecule has 0 saturated carbocycles. The first-order chi connectivity index (χ1) is 7.27. The summed E-state index contributed by atoms with van der Waals surface area (Å²) < 4.78 is 18.2. The van der Waals surface area contributed by atoms with E-state index in [2.05, 4.69) is 0 Å². The van der Waals surface area contributed by atoms with Crippen LogP contribution in [0.25, 0.3) is 6.08 Å². The van der Waals surface area contributed by atoms with Crippen LogP contribution in [0.1, 0.15) is 18.9 Å². The molecule has 0 atom stereocenters. The number of aliphatic hydroxyl groups is 1. The van der Waals surface area contributed by atoms with Gasteiger partial charge in [0, 0.05) is 11.6 Å². The maximum Gasteiger partial charge on any atom is 0.129 e. The molecule has 0 saturated heterocycles. The molecule has 1 aromatic carbocycles. The second kappa shape index (κ2) is 6.19. The van der Waals surface area contributed by atoms with Gasteiger partial charge in [0.15, 0.2) is 0 Å². The number of ether oxygens (including phenoxy) is 1. The zero-order valence-corrected chi connectivity index (χ0v) is 8.74. The summed E-state index contributed by atoms with van der Waals surface area (Å²) in [5, 5.41) is 8.63. The molecule has 0 aliphatic rings. The van der Waals surface area contributed by atoms with E-state index in [4.69, 9.17) is 9.84 Å². The van der Waals surface area contributed by atoms with Crippen molar-refractivity contribution in [3.63, 3.8) is 0 Å². The Morgan fingerprint density at radius 1 is 1.47 bits per heavy atom. The third-order valence-corrected chi connectivity index (χ3v) is 1.86. The molecule has 82 valence electrons. The van der Waals surface area contributed by atoms with Gasteiger partial charge in [0.25, 0.3) is 0 Å². The first-order valence-corrected chi connectivity index (χ1v) is 4.97. The van der Waals surface area contributed by atoms with Crippen molar-refractivity contribution in [1.82, 2.24) is 0 Å². The average Bonchev–Trinajstić information content (AvgIpc) is 2.25. The van der Waals surface area contributed by atoms with Gasteiger partial charge in [-0.1, -0.05) is 19.1 Å². The first-order valence-electron chi connectivity index (χ1n) is 4.97. The van der Waals surface area contributed by atoms with Crippen LogP contribution in [0.15, 0.2) is 24.3 Å². The van der Waals surface area contributed by atoms with Crippen molar-refractivity contribution in [2.75, 3.05) is 13.2 Å². The molecule has 0 aliphatic heterocycles. The van der Waals surface area contributed by atoms with E-state index in [0.717, 1.165) is 12.0 Å². The quantitative estimate of drug-likeness (QED) is 0.809. The normalized spacial score (nSPS) is 10.9. The van der Waals surface area contributed by atoms with Crippen LogP contribution in [0.5, 0.6) is 5.75 Å². The largest absolute Gasteiger partial charge is 0.490 e. The minimum Gasteiger partial charge on any atom is -0.490 e. The summed E-state index contributed by atoms with van der Waals surface area (Å²) in [7, 11) is 0. The number of aliphatic hydroxyl groups excluding tert-OH is 1. The van der Waals surface area contributed by atoms with E-state index in [9.17, 15) is 4.39 Å². The number of hydrogen-bond acceptors (Lipinski definition) is 2. The highest BCUT2D eigenvalue weighted by Gasteiger charge is 2.02. The Labute approximate surface area is 89.0 Å². The maximum atomic E-state index is 12.9. The fourth-order valence-corrected chi connectivity index (χ4v) is 1.17. The van der Waals surface area contributed by atoms with Crippen LogP contribution >= 0.6 is 0 Å². The summed E-state index contributed by atoms with van der Waals surface area (Å²) in [5.41, 5.74) is 0.826. The van der Waals surface area contributed by atoms with E-state index in [-0.39, 0.29) is 19.0 Å². The lowest BCUT2D eigenvalue weighted by Gasteiger charge is -2.07. The molecular weight excluding hydrogens is 195 g/mol. The molecular formula is C12H15FO2. The maximum absolute atomic E-state index is 12.9. The van der Waals surface area contributed by atoms with Crippen molar-refractivity contribution < 1.29 is 14.2 Å². The molecule has 1 rings (SSSR count). The van der Waals surface area contributed by atoms with E-state index < -0.39 is 0 Å². The molecule has 0 spiro atoms. The number of benzene rings is 1. The molecule has 0 unspecified atom stereocenters. The van der Waals surface area contributed by atoms with Crippen LogP contribution < -0.4 is 4.74 Å². The molecule has 15 heavy (non-hydrogen) atoms. The van der Waals surface area contributed by atoms with Gasteiger partial charge in [0.2, 0.25) is 0 Å². The number of allylic oxidation sites excluding steroid dienone is 1. The highest BCUT2D eigenvalue weighted by molar-refractivity contribution is 5.57. The predicted octanol–water partition coefficient (Wildman–Crippen LogP) is 2.62. The van der Waals surface area contributed by atoms with Gasteiger partial charge in [-0.2, -0.15) is 0 Å². The average molecular weight is 210 g/mol. The molecule has 0 heterocycles. The Morgan fingerprint density at radius 2 is 2.27 bits per heavy atom. The lowest BCUT2D eigenvalue weighted by atomic mass is 10.1. The summed E-state index contributed by atoms with van der Waals surface area (Å²) in [6.45, 7) is 2.12. The number of halogens is 1. The predicted molar refractivity (Wildman–Crippen MR) is 58.3 cm³/mol. The van der Waals surface area contributed by atoms with Gasteiger partial charge >= 0.3 is 0 Å². The number of hydrogen-bond donors (Lipinski definition) is 1. The molecule has 3 heteroatoms. The Balaban J connectivity index is 2.87. The minimum absolute atomic E-state index is 0.0759. The summed E-state index contributed by atoms with van der Waals surface area (Å²) in [5.74, 6) is 0.130. The highest BCUT2D eigenvalue weighted by atomic mass is 19.1. The molecule has 0 amide bonds. The van der Waals surface area contributed by atoms with Crippen LogP contribution in [0, 0.1) is 5.82 Å². The van der Waals surface area contributed by atoms with Crippen molar-refractivity contribution in [3.05, 3.63) is 35.7 Å². The van der Waals surface area contributed by atoms with Crippen LogP contribution in [0.4, 0.5) is 4.39 Å². The van der Waals surface area contributed by atoms with Crippen molar-refractivity contribution in [3.8, 4) is 5.75 Å². The standard InChI is InChI=1S/C12H15FO2/c1-2-3-4-10-5-6-11(13)9-12(10)15-8-7-14/h3-6,9,14H,2,7-8H2,1H3/b4-3+. The Morgan fingerprint density at radius 3 is 2.93 bits per heavy atom. The van der Waals surface area contributed by atoms with Crippen LogP contribution in [0.3, 0.4) is 0 Å². The fourth-order valence-electron chi connectivity index (χ4n) is 1.17. The summed E-state index contributed by atoms with van der Waals surface area (Å²) in [4.78, 5) is 0. The summed E-state index contributed by atoms with van der Waals surface area (Å²) >= 11 is 0. The van der Waals surface area contributed by atoms with Crippen molar-refractivity contribution in [2.24, 2.45) is 0 Å². The highest BCUT2D eigenvalue weighted by Crippen LogP contribution is 2.21. The van der Waals surface area contributed by atoms with Crippen molar-refractivity contribution in [1.29, 1.82) is 0 Å². The molecule has 0 radical (unpaired) electrons. The molecule has 1 N–H and O–H groups in total. The third-order valence-electron chi connectivity index (χ3n) is 1.86. The van der Waals surface area contributed by atoms with E-state index in [0.29, 0.717) is 5.75 Å². The SMILES string of the molecule is CC/C=C/c1ccc(F)cc1OCCO. The zero-order valence-electron chi connectivity index (χ0n) is 8.74. The second-order valence-electron chi connectivity index (χ2n) is 3.06. The van der Waals surface area contributed by atoms with Gasteiger partial charge in [0.05, 0.1) is 6.61 Å². The molecule has 0 bridgehead atoms. The zero-order chi connectivity index (χ0) is 11.1. The molecule has 0 aromatic heterocycles. The summed E-state index contributed by atoms with van der Waals surface area (Å²) in [6, 6.07) is 4.38. The van der Waals surface area contributed by atoms with Crippen LogP contribution in [-0.4, -0.2) is 18.3 Å². The van der Waals surface area contributed by atoms with Crippen molar-refractivity contribution in [2.45, 2.75) is 13.3 Å². The molecule has 1 aromatic rings. The summed E-state index contributed by atoms with van der Waals surface area (Å²) in [6.07, 6.45) is 4.77. The Kier molecular flexibility index (Phi) is 4.84. The van der Waals surface area contributed by atoms with Gasteiger partial charge in [-0.05, 0) is 18.6 Å². The van der Waals surface area contributed by atoms with Gasteiger partial charge in [-0.25, -0.2) is 4.39 Å². The Hall–Kier alpha value is -1.35. The van der Waals surface area contributed by atoms with Gasteiger partial charge in [-0.3, -0.25) is 0 Å².